The van der Waals surface area contributed by atoms with Gasteiger partial charge >= 0.3 is 5.97 Å². The van der Waals surface area contributed by atoms with E-state index in [2.05, 4.69) is 24.1 Å². The minimum absolute atomic E-state index is 0.0118. The van der Waals surface area contributed by atoms with Crippen LogP contribution in [0.5, 0.6) is 0 Å². The summed E-state index contributed by atoms with van der Waals surface area (Å²) in [4.78, 5) is 13.1. The largest absolute Gasteiger partial charge is 0.475 e. The van der Waals surface area contributed by atoms with Crippen molar-refractivity contribution in [3.63, 3.8) is 0 Å². The van der Waals surface area contributed by atoms with Crippen molar-refractivity contribution in [1.29, 1.82) is 0 Å². The summed E-state index contributed by atoms with van der Waals surface area (Å²) in [5.41, 5.74) is 0. The number of hydrogen-bond acceptors (Lipinski definition) is 4. The second-order valence-corrected chi connectivity index (χ2v) is 5.39. The number of nitrogens with zero attached hydrogens (tertiary/aromatic N) is 1. The van der Waals surface area contributed by atoms with Crippen molar-refractivity contribution in [2.45, 2.75) is 45.3 Å². The van der Waals surface area contributed by atoms with Crippen LogP contribution in [0, 0.1) is 0 Å². The van der Waals surface area contributed by atoms with Crippen LogP contribution in [0.15, 0.2) is 16.5 Å². The predicted molar refractivity (Wildman–Crippen MR) is 72.2 cm³/mol. The summed E-state index contributed by atoms with van der Waals surface area (Å²) in [6.07, 6.45) is 2.45. The van der Waals surface area contributed by atoms with E-state index in [1.807, 2.05) is 0 Å². The van der Waals surface area contributed by atoms with Gasteiger partial charge in [-0.25, -0.2) is 4.79 Å². The molecule has 0 amide bonds. The Bertz CT molecular complexity index is 422. The van der Waals surface area contributed by atoms with Crippen LogP contribution in [0.2, 0.25) is 0 Å². The average Bonchev–Trinajstić information content (AvgIpc) is 2.98. The molecule has 1 unspecified atom stereocenters. The first-order valence-corrected chi connectivity index (χ1v) is 6.85. The Balaban J connectivity index is 1.96. The van der Waals surface area contributed by atoms with E-state index >= 15 is 0 Å². The van der Waals surface area contributed by atoms with Gasteiger partial charge in [-0.05, 0) is 45.4 Å². The van der Waals surface area contributed by atoms with Crippen molar-refractivity contribution in [3.8, 4) is 0 Å². The Morgan fingerprint density at radius 3 is 2.89 bits per heavy atom. The van der Waals surface area contributed by atoms with Crippen molar-refractivity contribution in [3.05, 3.63) is 23.7 Å². The molecular formula is C14H22N2O3. The lowest BCUT2D eigenvalue weighted by Gasteiger charge is -2.28. The molecule has 5 nitrogen and oxygen atoms in total. The van der Waals surface area contributed by atoms with E-state index in [0.717, 1.165) is 13.1 Å². The van der Waals surface area contributed by atoms with Crippen LogP contribution >= 0.6 is 0 Å². The van der Waals surface area contributed by atoms with E-state index in [9.17, 15) is 4.79 Å². The molecule has 0 spiro atoms. The van der Waals surface area contributed by atoms with Gasteiger partial charge in [-0.3, -0.25) is 4.90 Å². The molecule has 19 heavy (non-hydrogen) atoms. The fraction of sp³-hybridized carbons (Fsp3) is 0.643. The molecule has 0 aromatic carbocycles. The Labute approximate surface area is 113 Å². The Kier molecular flexibility index (Phi) is 4.61. The molecule has 1 fully saturated rings. The third-order valence-electron chi connectivity index (χ3n) is 3.58. The zero-order chi connectivity index (χ0) is 13.8. The number of carbonyl (C=O) groups is 1. The molecule has 1 saturated heterocycles. The highest BCUT2D eigenvalue weighted by atomic mass is 16.4. The number of carboxylic acids is 1. The molecule has 0 saturated carbocycles. The van der Waals surface area contributed by atoms with Gasteiger partial charge in [-0.1, -0.05) is 0 Å². The molecule has 0 bridgehead atoms. The first-order valence-electron chi connectivity index (χ1n) is 6.85. The molecule has 1 aliphatic heterocycles. The van der Waals surface area contributed by atoms with Gasteiger partial charge < -0.3 is 14.8 Å². The number of hydrogen-bond donors (Lipinski definition) is 2. The number of furan rings is 1. The van der Waals surface area contributed by atoms with Crippen molar-refractivity contribution < 1.29 is 14.3 Å². The zero-order valence-corrected chi connectivity index (χ0v) is 11.6. The lowest BCUT2D eigenvalue weighted by Crippen LogP contribution is -2.40. The Morgan fingerprint density at radius 1 is 1.58 bits per heavy atom. The van der Waals surface area contributed by atoms with Crippen molar-refractivity contribution in [1.82, 2.24) is 10.2 Å². The van der Waals surface area contributed by atoms with Gasteiger partial charge in [-0.15, -0.1) is 0 Å². The zero-order valence-electron chi connectivity index (χ0n) is 11.6. The molecule has 2 heterocycles. The van der Waals surface area contributed by atoms with Gasteiger partial charge in [0.2, 0.25) is 5.76 Å². The SMILES string of the molecule is CC(C)N(Cc1ccc(C(=O)O)o1)CC1CCCN1. The van der Waals surface area contributed by atoms with Crippen molar-refractivity contribution in [2.24, 2.45) is 0 Å². The minimum Gasteiger partial charge on any atom is -0.475 e. The molecule has 2 rings (SSSR count). The smallest absolute Gasteiger partial charge is 0.371 e. The molecule has 0 aliphatic carbocycles. The second kappa shape index (κ2) is 6.21. The van der Waals surface area contributed by atoms with Crippen molar-refractivity contribution in [2.75, 3.05) is 13.1 Å². The minimum atomic E-state index is -1.01. The van der Waals surface area contributed by atoms with Crippen LogP contribution in [-0.2, 0) is 6.54 Å². The van der Waals surface area contributed by atoms with E-state index < -0.39 is 5.97 Å². The van der Waals surface area contributed by atoms with E-state index in [1.165, 1.54) is 18.9 Å². The molecule has 0 radical (unpaired) electrons. The van der Waals surface area contributed by atoms with Gasteiger partial charge in [-0.2, -0.15) is 0 Å². The Hall–Kier alpha value is -1.33. The first-order chi connectivity index (χ1) is 9.06. The highest BCUT2D eigenvalue weighted by Gasteiger charge is 2.21. The summed E-state index contributed by atoms with van der Waals surface area (Å²) in [6, 6.07) is 4.21. The molecule has 5 heteroatoms. The summed E-state index contributed by atoms with van der Waals surface area (Å²) in [6.45, 7) is 7.02. The maximum Gasteiger partial charge on any atom is 0.371 e. The predicted octanol–water partition coefficient (Wildman–Crippen LogP) is 1.94. The average molecular weight is 266 g/mol. The van der Waals surface area contributed by atoms with Gasteiger partial charge in [0.25, 0.3) is 0 Å². The summed E-state index contributed by atoms with van der Waals surface area (Å²) in [7, 11) is 0. The standard InChI is InChI=1S/C14H22N2O3/c1-10(2)16(8-11-4-3-7-15-11)9-12-5-6-13(19-12)14(17)18/h5-6,10-11,15H,3-4,7-9H2,1-2H3,(H,17,18). The van der Waals surface area contributed by atoms with Crippen LogP contribution in [0.3, 0.4) is 0 Å². The maximum absolute atomic E-state index is 10.8. The number of nitrogens with one attached hydrogen (secondary N) is 1. The number of rotatable bonds is 6. The van der Waals surface area contributed by atoms with E-state index in [0.29, 0.717) is 24.4 Å². The summed E-state index contributed by atoms with van der Waals surface area (Å²) in [5, 5.41) is 12.3. The highest BCUT2D eigenvalue weighted by Crippen LogP contribution is 2.15. The number of aromatic carboxylic acids is 1. The summed E-state index contributed by atoms with van der Waals surface area (Å²) in [5.74, 6) is -0.290. The lowest BCUT2D eigenvalue weighted by atomic mass is 10.2. The van der Waals surface area contributed by atoms with Crippen molar-refractivity contribution >= 4 is 5.97 Å². The summed E-state index contributed by atoms with van der Waals surface area (Å²) < 4.78 is 5.33. The third-order valence-corrected chi connectivity index (χ3v) is 3.58. The van der Waals surface area contributed by atoms with Gasteiger partial charge in [0, 0.05) is 18.6 Å². The fourth-order valence-corrected chi connectivity index (χ4v) is 2.43. The molecular weight excluding hydrogens is 244 g/mol. The van der Waals surface area contributed by atoms with Gasteiger partial charge in [0.15, 0.2) is 0 Å². The normalized spacial score (nSPS) is 19.5. The topological polar surface area (TPSA) is 65.7 Å². The fourth-order valence-electron chi connectivity index (χ4n) is 2.43. The molecule has 1 aliphatic rings. The molecule has 106 valence electrons. The van der Waals surface area contributed by atoms with Crippen LogP contribution in [0.1, 0.15) is 43.0 Å². The Morgan fingerprint density at radius 2 is 2.37 bits per heavy atom. The molecule has 2 N–H and O–H groups in total. The lowest BCUT2D eigenvalue weighted by molar-refractivity contribution is 0.0657. The quantitative estimate of drug-likeness (QED) is 0.823. The van der Waals surface area contributed by atoms with E-state index in [-0.39, 0.29) is 5.76 Å². The monoisotopic (exact) mass is 266 g/mol. The molecule has 1 atom stereocenters. The number of carboxylic acid groups (broad SMARTS) is 1. The van der Waals surface area contributed by atoms with Crippen LogP contribution in [0.4, 0.5) is 0 Å². The van der Waals surface area contributed by atoms with Crippen LogP contribution < -0.4 is 5.32 Å². The van der Waals surface area contributed by atoms with Crippen LogP contribution in [0.25, 0.3) is 0 Å². The van der Waals surface area contributed by atoms with E-state index in [4.69, 9.17) is 9.52 Å². The molecule has 1 aromatic rings. The highest BCUT2D eigenvalue weighted by molar-refractivity contribution is 5.84. The van der Waals surface area contributed by atoms with Gasteiger partial charge in [0.1, 0.15) is 5.76 Å². The van der Waals surface area contributed by atoms with E-state index in [1.54, 1.807) is 6.07 Å². The summed E-state index contributed by atoms with van der Waals surface area (Å²) >= 11 is 0. The van der Waals surface area contributed by atoms with Crippen LogP contribution in [-0.4, -0.2) is 41.1 Å². The van der Waals surface area contributed by atoms with Gasteiger partial charge in [0.05, 0.1) is 6.54 Å². The maximum atomic E-state index is 10.8. The first kappa shape index (κ1) is 14.1. The third kappa shape index (κ3) is 3.81. The molecule has 1 aromatic heterocycles. The second-order valence-electron chi connectivity index (χ2n) is 5.39.